The predicted octanol–water partition coefficient (Wildman–Crippen LogP) is 1.26. The fourth-order valence-corrected chi connectivity index (χ4v) is 2.82. The van der Waals surface area contributed by atoms with Gasteiger partial charge in [-0.05, 0) is 6.26 Å². The standard InChI is InChI=1S/C4H10O3S3/c1-4(10-8-2)3-9-7-6-5/h4-5H,3H2,1-2H3/p-1. The first kappa shape index (κ1) is 10.9. The van der Waals surface area contributed by atoms with Crippen LogP contribution in [0.4, 0.5) is 0 Å². The SMILES string of the molecule is CSSC(C)CSOO[O-]. The van der Waals surface area contributed by atoms with Crippen LogP contribution in [0.15, 0.2) is 0 Å². The second-order valence-electron chi connectivity index (χ2n) is 1.49. The summed E-state index contributed by atoms with van der Waals surface area (Å²) in [6.07, 6.45) is 2.01. The average molecular weight is 201 g/mol. The van der Waals surface area contributed by atoms with Crippen LogP contribution in [0, 0.1) is 0 Å². The van der Waals surface area contributed by atoms with Gasteiger partial charge in [0.15, 0.2) is 0 Å². The summed E-state index contributed by atoms with van der Waals surface area (Å²) < 4.78 is 4.09. The quantitative estimate of drug-likeness (QED) is 0.212. The lowest BCUT2D eigenvalue weighted by molar-refractivity contribution is -0.777. The molecule has 6 heteroatoms. The van der Waals surface area contributed by atoms with E-state index in [-0.39, 0.29) is 0 Å². The molecule has 0 aromatic carbocycles. The molecule has 0 aliphatic heterocycles. The van der Waals surface area contributed by atoms with Crippen molar-refractivity contribution >= 4 is 33.6 Å². The summed E-state index contributed by atoms with van der Waals surface area (Å²) in [5, 5.41) is 12.9. The lowest BCUT2D eigenvalue weighted by atomic mass is 10.6. The molecule has 0 aromatic rings. The Bertz CT molecular complexity index is 72.8. The predicted molar refractivity (Wildman–Crippen MR) is 45.2 cm³/mol. The van der Waals surface area contributed by atoms with Crippen LogP contribution >= 0.6 is 33.6 Å². The monoisotopic (exact) mass is 201 g/mol. The maximum Gasteiger partial charge on any atom is 0.0354 e. The lowest BCUT2D eigenvalue weighted by Gasteiger charge is -2.08. The molecule has 0 saturated heterocycles. The fourth-order valence-electron chi connectivity index (χ4n) is 0.335. The molecule has 0 rings (SSSR count). The smallest absolute Gasteiger partial charge is 0.0354 e. The first-order valence-electron chi connectivity index (χ1n) is 2.58. The van der Waals surface area contributed by atoms with Gasteiger partial charge in [0.2, 0.25) is 0 Å². The van der Waals surface area contributed by atoms with Crippen LogP contribution in [0.2, 0.25) is 0 Å². The van der Waals surface area contributed by atoms with Gasteiger partial charge >= 0.3 is 0 Å². The van der Waals surface area contributed by atoms with Crippen LogP contribution < -0.4 is 5.26 Å². The topological polar surface area (TPSA) is 41.5 Å². The summed E-state index contributed by atoms with van der Waals surface area (Å²) in [5.41, 5.74) is 0. The Balaban J connectivity index is 2.97. The molecule has 0 bridgehead atoms. The molecule has 0 N–H and O–H groups in total. The van der Waals surface area contributed by atoms with Crippen molar-refractivity contribution in [3.05, 3.63) is 0 Å². The molecule has 0 aliphatic rings. The molecule has 1 atom stereocenters. The van der Waals surface area contributed by atoms with Gasteiger partial charge in [0.1, 0.15) is 0 Å². The zero-order chi connectivity index (χ0) is 7.82. The third kappa shape index (κ3) is 7.04. The molecule has 0 amide bonds. The van der Waals surface area contributed by atoms with Crippen LogP contribution in [0.5, 0.6) is 0 Å². The lowest BCUT2D eigenvalue weighted by Crippen LogP contribution is -2.04. The van der Waals surface area contributed by atoms with E-state index < -0.39 is 0 Å². The van der Waals surface area contributed by atoms with Crippen LogP contribution in [-0.2, 0) is 9.37 Å². The molecule has 3 nitrogen and oxygen atoms in total. The molecule has 0 spiro atoms. The second kappa shape index (κ2) is 8.03. The maximum atomic E-state index is 9.31. The molecule has 0 radical (unpaired) electrons. The van der Waals surface area contributed by atoms with Crippen molar-refractivity contribution in [3.8, 4) is 0 Å². The molecule has 0 aromatic heterocycles. The Morgan fingerprint density at radius 2 is 2.30 bits per heavy atom. The Hall–Kier alpha value is 0.930. The van der Waals surface area contributed by atoms with Gasteiger partial charge < -0.3 is 5.26 Å². The van der Waals surface area contributed by atoms with E-state index in [2.05, 4.69) is 16.3 Å². The highest BCUT2D eigenvalue weighted by Crippen LogP contribution is 2.25. The summed E-state index contributed by atoms with van der Waals surface area (Å²) >= 11 is 1.03. The Morgan fingerprint density at radius 1 is 1.60 bits per heavy atom. The minimum Gasteiger partial charge on any atom is -0.691 e. The van der Waals surface area contributed by atoms with Gasteiger partial charge in [-0.3, -0.25) is 5.04 Å². The third-order valence-electron chi connectivity index (χ3n) is 0.639. The molecule has 0 heterocycles. The van der Waals surface area contributed by atoms with Crippen LogP contribution in [0.25, 0.3) is 0 Å². The van der Waals surface area contributed by atoms with Crippen molar-refractivity contribution in [1.82, 2.24) is 0 Å². The molecule has 0 aliphatic carbocycles. The van der Waals surface area contributed by atoms with Crippen LogP contribution in [0.1, 0.15) is 6.92 Å². The molecule has 0 fully saturated rings. The Kier molecular flexibility index (Phi) is 8.78. The highest BCUT2D eigenvalue weighted by Gasteiger charge is 2.01. The van der Waals surface area contributed by atoms with E-state index in [1.165, 1.54) is 0 Å². The molecular formula is C4H9O3S3-. The third-order valence-corrected chi connectivity index (χ3v) is 3.89. The van der Waals surface area contributed by atoms with Crippen molar-refractivity contribution in [1.29, 1.82) is 0 Å². The van der Waals surface area contributed by atoms with Crippen molar-refractivity contribution in [2.45, 2.75) is 12.2 Å². The van der Waals surface area contributed by atoms with Gasteiger partial charge in [0, 0.05) is 23.0 Å². The summed E-state index contributed by atoms with van der Waals surface area (Å²) in [6, 6.07) is 0. The molecule has 0 saturated carbocycles. The van der Waals surface area contributed by atoms with Crippen molar-refractivity contribution < 1.29 is 14.6 Å². The summed E-state index contributed by atoms with van der Waals surface area (Å²) in [4.78, 5) is 0. The zero-order valence-corrected chi connectivity index (χ0v) is 8.18. The van der Waals surface area contributed by atoms with Gasteiger partial charge in [0.05, 0.1) is 0 Å². The minimum absolute atomic E-state index is 0.468. The summed E-state index contributed by atoms with van der Waals surface area (Å²) in [6.45, 7) is 2.06. The Morgan fingerprint density at radius 3 is 2.80 bits per heavy atom. The normalized spacial score (nSPS) is 13.5. The molecule has 1 unspecified atom stereocenters. The van der Waals surface area contributed by atoms with E-state index in [1.54, 1.807) is 21.6 Å². The summed E-state index contributed by atoms with van der Waals surface area (Å²) in [5.74, 6) is 0.758. The fraction of sp³-hybridized carbons (Fsp3) is 1.00. The maximum absolute atomic E-state index is 9.31. The van der Waals surface area contributed by atoms with E-state index >= 15 is 0 Å². The second-order valence-corrected chi connectivity index (χ2v) is 5.11. The number of hydrogen-bond donors (Lipinski definition) is 0. The van der Waals surface area contributed by atoms with Gasteiger partial charge in [-0.15, -0.1) is 0 Å². The van der Waals surface area contributed by atoms with E-state index in [1.807, 2.05) is 6.26 Å². The molecule has 10 heavy (non-hydrogen) atoms. The first-order chi connectivity index (χ1) is 4.81. The van der Waals surface area contributed by atoms with E-state index in [0.717, 1.165) is 17.8 Å². The van der Waals surface area contributed by atoms with Gasteiger partial charge in [-0.2, -0.15) is 4.33 Å². The molecular weight excluding hydrogens is 192 g/mol. The number of rotatable bonds is 6. The molecule has 62 valence electrons. The largest absolute Gasteiger partial charge is 0.691 e. The first-order valence-corrected chi connectivity index (χ1v) is 6.12. The van der Waals surface area contributed by atoms with E-state index in [0.29, 0.717) is 5.25 Å². The summed E-state index contributed by atoms with van der Waals surface area (Å²) in [7, 11) is 3.44. The highest BCUT2D eigenvalue weighted by molar-refractivity contribution is 8.76. The van der Waals surface area contributed by atoms with E-state index in [4.69, 9.17) is 0 Å². The average Bonchev–Trinajstić information content (AvgIpc) is 1.89. The van der Waals surface area contributed by atoms with Gasteiger partial charge in [-0.25, -0.2) is 0 Å². The zero-order valence-electron chi connectivity index (χ0n) is 5.73. The number of hydrogen-bond acceptors (Lipinski definition) is 6. The van der Waals surface area contributed by atoms with Crippen molar-refractivity contribution in [3.63, 3.8) is 0 Å². The van der Waals surface area contributed by atoms with Gasteiger partial charge in [-0.1, -0.05) is 28.5 Å². The Labute approximate surface area is 72.7 Å². The van der Waals surface area contributed by atoms with Crippen molar-refractivity contribution in [2.24, 2.45) is 0 Å². The van der Waals surface area contributed by atoms with Crippen LogP contribution in [-0.4, -0.2) is 17.3 Å². The highest BCUT2D eigenvalue weighted by atomic mass is 33.1. The minimum atomic E-state index is 0.468. The van der Waals surface area contributed by atoms with E-state index in [9.17, 15) is 5.26 Å². The van der Waals surface area contributed by atoms with Gasteiger partial charge in [0.25, 0.3) is 0 Å². The van der Waals surface area contributed by atoms with Crippen LogP contribution in [0.3, 0.4) is 0 Å². The van der Waals surface area contributed by atoms with Crippen molar-refractivity contribution in [2.75, 3.05) is 12.0 Å².